The summed E-state index contributed by atoms with van der Waals surface area (Å²) in [6.07, 6.45) is 6.32. The number of amides is 1. The van der Waals surface area contributed by atoms with Crippen LogP contribution in [-0.4, -0.2) is 89.3 Å². The van der Waals surface area contributed by atoms with Crippen LogP contribution in [0.5, 0.6) is 0 Å². The van der Waals surface area contributed by atoms with Crippen LogP contribution in [0, 0.1) is 0 Å². The highest BCUT2D eigenvalue weighted by Crippen LogP contribution is 2.27. The van der Waals surface area contributed by atoms with Crippen molar-refractivity contribution >= 4 is 33.1 Å². The van der Waals surface area contributed by atoms with Crippen LogP contribution in [-0.2, 0) is 10.0 Å². The Bertz CT molecular complexity index is 1400. The van der Waals surface area contributed by atoms with Crippen LogP contribution in [0.15, 0.2) is 41.4 Å². The summed E-state index contributed by atoms with van der Waals surface area (Å²) in [5, 5.41) is 7.87. The molecule has 10 nitrogen and oxygen atoms in total. The first-order chi connectivity index (χ1) is 18.1. The van der Waals surface area contributed by atoms with Gasteiger partial charge in [-0.3, -0.25) is 4.79 Å². The van der Waals surface area contributed by atoms with Gasteiger partial charge >= 0.3 is 0 Å². The lowest BCUT2D eigenvalue weighted by molar-refractivity contribution is 0.0639. The normalized spacial score (nSPS) is 17.7. The van der Waals surface area contributed by atoms with E-state index in [0.717, 1.165) is 31.5 Å². The number of nitrogens with zero attached hydrogens (tertiary/aromatic N) is 6. The van der Waals surface area contributed by atoms with Gasteiger partial charge in [-0.15, -0.1) is 0 Å². The van der Waals surface area contributed by atoms with E-state index < -0.39 is 10.0 Å². The molecule has 0 saturated carbocycles. The summed E-state index contributed by atoms with van der Waals surface area (Å²) >= 11 is 0. The summed E-state index contributed by atoms with van der Waals surface area (Å²) in [6.45, 7) is 7.96. The van der Waals surface area contributed by atoms with Crippen LogP contribution >= 0.6 is 0 Å². The molecule has 2 saturated heterocycles. The number of rotatable bonds is 7. The zero-order valence-electron chi connectivity index (χ0n) is 22.6. The van der Waals surface area contributed by atoms with E-state index in [9.17, 15) is 13.2 Å². The van der Waals surface area contributed by atoms with Crippen molar-refractivity contribution in [1.82, 2.24) is 28.7 Å². The maximum atomic E-state index is 13.6. The van der Waals surface area contributed by atoms with E-state index in [1.54, 1.807) is 41.0 Å². The number of fused-ring (bicyclic) bond motifs is 1. The number of sulfonamides is 1. The van der Waals surface area contributed by atoms with E-state index >= 15 is 0 Å². The van der Waals surface area contributed by atoms with Crippen LogP contribution in [0.4, 0.5) is 11.5 Å². The third-order valence-electron chi connectivity index (χ3n) is 7.65. The van der Waals surface area contributed by atoms with Crippen LogP contribution in [0.3, 0.4) is 0 Å². The third-order valence-corrected chi connectivity index (χ3v) is 9.48. The van der Waals surface area contributed by atoms with Crippen molar-refractivity contribution in [3.05, 3.63) is 47.8 Å². The van der Waals surface area contributed by atoms with Crippen molar-refractivity contribution in [2.24, 2.45) is 0 Å². The van der Waals surface area contributed by atoms with Crippen molar-refractivity contribution in [3.8, 4) is 0 Å². The molecule has 4 heterocycles. The quantitative estimate of drug-likeness (QED) is 0.490. The van der Waals surface area contributed by atoms with Gasteiger partial charge in [0, 0.05) is 50.5 Å². The van der Waals surface area contributed by atoms with Crippen molar-refractivity contribution in [3.63, 3.8) is 0 Å². The van der Waals surface area contributed by atoms with Gasteiger partial charge in [-0.05, 0) is 69.0 Å². The number of carbonyl (C=O) groups excluding carboxylic acids is 1. The number of aromatic nitrogens is 3. The summed E-state index contributed by atoms with van der Waals surface area (Å²) < 4.78 is 27.8. The van der Waals surface area contributed by atoms with E-state index in [4.69, 9.17) is 4.98 Å². The molecule has 0 atom stereocenters. The topological polar surface area (TPSA) is 103 Å². The molecule has 3 aromatic rings. The van der Waals surface area contributed by atoms with Gasteiger partial charge in [-0.1, -0.05) is 13.8 Å². The highest BCUT2D eigenvalue weighted by Gasteiger charge is 2.30. The summed E-state index contributed by atoms with van der Waals surface area (Å²) in [4.78, 5) is 23.1. The molecule has 204 valence electrons. The molecule has 0 radical (unpaired) electrons. The Kier molecular flexibility index (Phi) is 7.43. The monoisotopic (exact) mass is 539 g/mol. The first-order valence-electron chi connectivity index (χ1n) is 13.4. The Balaban J connectivity index is 1.42. The molecule has 1 aromatic carbocycles. The number of carbonyl (C=O) groups is 1. The van der Waals surface area contributed by atoms with Crippen LogP contribution in [0.2, 0.25) is 0 Å². The van der Waals surface area contributed by atoms with Gasteiger partial charge < -0.3 is 15.1 Å². The summed E-state index contributed by atoms with van der Waals surface area (Å²) in [6, 6.07) is 8.85. The zero-order chi connectivity index (χ0) is 27.0. The Labute approximate surface area is 224 Å². The maximum Gasteiger partial charge on any atom is 0.272 e. The van der Waals surface area contributed by atoms with Crippen molar-refractivity contribution < 1.29 is 13.2 Å². The molecule has 5 rings (SSSR count). The first-order valence-corrected chi connectivity index (χ1v) is 14.8. The maximum absolute atomic E-state index is 13.6. The molecule has 2 fully saturated rings. The molecule has 38 heavy (non-hydrogen) atoms. The minimum absolute atomic E-state index is 0.0706. The smallest absolute Gasteiger partial charge is 0.272 e. The average Bonchev–Trinajstić information content (AvgIpc) is 3.59. The lowest BCUT2D eigenvalue weighted by atomic mass is 10.0. The Hall–Kier alpha value is -3.02. The van der Waals surface area contributed by atoms with Gasteiger partial charge in [0.2, 0.25) is 10.0 Å². The number of piperidine rings is 1. The number of benzene rings is 1. The van der Waals surface area contributed by atoms with Gasteiger partial charge in [0.05, 0.1) is 11.1 Å². The summed E-state index contributed by atoms with van der Waals surface area (Å²) in [7, 11) is -0.509. The molecule has 11 heteroatoms. The van der Waals surface area contributed by atoms with Gasteiger partial charge in [0.1, 0.15) is 11.5 Å². The molecule has 0 unspecified atom stereocenters. The molecule has 2 aromatic heterocycles. The van der Waals surface area contributed by atoms with E-state index in [1.165, 1.54) is 44.3 Å². The molecule has 1 N–H and O–H groups in total. The second kappa shape index (κ2) is 10.6. The fraction of sp³-hybridized carbons (Fsp3) is 0.519. The number of anilines is 2. The van der Waals surface area contributed by atoms with E-state index in [0.29, 0.717) is 28.9 Å². The lowest BCUT2D eigenvalue weighted by Crippen LogP contribution is -2.46. The number of likely N-dealkylation sites (tertiary alicyclic amines) is 2. The number of nitrogens with one attached hydrogen (secondary N) is 1. The van der Waals surface area contributed by atoms with Crippen LogP contribution < -0.4 is 5.32 Å². The molecule has 2 aliphatic rings. The molecular formula is C27H37N7O3S. The largest absolute Gasteiger partial charge is 0.340 e. The molecule has 0 spiro atoms. The standard InChI is InChI=1S/C27H37N7O3S/c1-19(2)23-18-28-34-25(29-20-7-9-22(10-8-20)38(36,37)31(3)4)17-24(30-26(23)34)27(35)33-15-11-21(12-16-33)32-13-5-6-14-32/h7-10,17-19,21,29H,5-6,11-16H2,1-4H3. The average molecular weight is 540 g/mol. The SMILES string of the molecule is CC(C)c1cnn2c(Nc3ccc(S(=O)(=O)N(C)C)cc3)cc(C(=O)N3CCC(N4CCCC4)CC3)nc12. The van der Waals surface area contributed by atoms with Gasteiger partial charge in [0.15, 0.2) is 5.65 Å². The fourth-order valence-corrected chi connectivity index (χ4v) is 6.26. The van der Waals surface area contributed by atoms with E-state index in [2.05, 4.69) is 29.2 Å². The van der Waals surface area contributed by atoms with Crippen molar-refractivity contribution in [2.45, 2.75) is 56.4 Å². The summed E-state index contributed by atoms with van der Waals surface area (Å²) in [5.41, 5.74) is 2.67. The molecular weight excluding hydrogens is 502 g/mol. The van der Waals surface area contributed by atoms with Gasteiger partial charge in [0.25, 0.3) is 5.91 Å². The fourth-order valence-electron chi connectivity index (χ4n) is 5.36. The summed E-state index contributed by atoms with van der Waals surface area (Å²) in [5.74, 6) is 0.712. The predicted molar refractivity (Wildman–Crippen MR) is 147 cm³/mol. The highest BCUT2D eigenvalue weighted by atomic mass is 32.2. The zero-order valence-corrected chi connectivity index (χ0v) is 23.4. The predicted octanol–water partition coefficient (Wildman–Crippen LogP) is 3.55. The van der Waals surface area contributed by atoms with Crippen molar-refractivity contribution in [1.29, 1.82) is 0 Å². The second-order valence-electron chi connectivity index (χ2n) is 10.7. The lowest BCUT2D eigenvalue weighted by Gasteiger charge is -2.36. The van der Waals surface area contributed by atoms with Crippen LogP contribution in [0.1, 0.15) is 61.5 Å². The van der Waals surface area contributed by atoms with Crippen molar-refractivity contribution in [2.75, 3.05) is 45.6 Å². The van der Waals surface area contributed by atoms with Gasteiger partial charge in [-0.25, -0.2) is 17.7 Å². The first kappa shape index (κ1) is 26.6. The molecule has 2 aliphatic heterocycles. The third kappa shape index (κ3) is 5.14. The molecule has 1 amide bonds. The number of hydrogen-bond acceptors (Lipinski definition) is 7. The van der Waals surface area contributed by atoms with E-state index in [-0.39, 0.29) is 16.7 Å². The van der Waals surface area contributed by atoms with E-state index in [1.807, 2.05) is 4.90 Å². The minimum atomic E-state index is -3.52. The van der Waals surface area contributed by atoms with Gasteiger partial charge in [-0.2, -0.15) is 9.61 Å². The Morgan fingerprint density at radius 1 is 1.05 bits per heavy atom. The van der Waals surface area contributed by atoms with Crippen LogP contribution in [0.25, 0.3) is 5.65 Å². The highest BCUT2D eigenvalue weighted by molar-refractivity contribution is 7.89. The minimum Gasteiger partial charge on any atom is -0.340 e. The number of hydrogen-bond donors (Lipinski definition) is 1. The Morgan fingerprint density at radius 3 is 2.32 bits per heavy atom. The molecule has 0 bridgehead atoms. The second-order valence-corrected chi connectivity index (χ2v) is 12.9. The Morgan fingerprint density at radius 2 is 1.71 bits per heavy atom. The molecule has 0 aliphatic carbocycles.